The zero-order valence-electron chi connectivity index (χ0n) is 31.5. The summed E-state index contributed by atoms with van der Waals surface area (Å²) < 4.78 is 0. The van der Waals surface area contributed by atoms with Crippen molar-refractivity contribution in [2.45, 2.75) is 19.3 Å². The second-order valence-electron chi connectivity index (χ2n) is 15.7. The third kappa shape index (κ3) is 4.94. The van der Waals surface area contributed by atoms with Gasteiger partial charge in [0, 0.05) is 22.1 Å². The van der Waals surface area contributed by atoms with Crippen molar-refractivity contribution in [1.29, 1.82) is 0 Å². The minimum absolute atomic E-state index is 0.132. The average molecular weight is 714 g/mol. The number of nitrogens with zero attached hydrogens (tertiary/aromatic N) is 1. The molecule has 0 aromatic heterocycles. The molecule has 0 bridgehead atoms. The summed E-state index contributed by atoms with van der Waals surface area (Å²) in [6, 6.07) is 74.1. The van der Waals surface area contributed by atoms with Crippen LogP contribution in [0.4, 0.5) is 17.1 Å². The summed E-state index contributed by atoms with van der Waals surface area (Å²) in [7, 11) is 0. The molecule has 0 N–H and O–H groups in total. The van der Waals surface area contributed by atoms with E-state index in [1.807, 2.05) is 0 Å². The van der Waals surface area contributed by atoms with Crippen LogP contribution in [0.2, 0.25) is 0 Å². The van der Waals surface area contributed by atoms with Gasteiger partial charge < -0.3 is 4.90 Å². The Morgan fingerprint density at radius 2 is 1.00 bits per heavy atom. The fraction of sp³-hybridized carbons (Fsp3) is 0.0545. The molecule has 264 valence electrons. The molecule has 0 aliphatic heterocycles. The Hall–Kier alpha value is -6.96. The standard InChI is InChI=1S/C55H39N/c1-55(2)49-33-30-42(35-48(49)47-32-29-39-18-9-11-22-46(39)54(47)55)53-45(37-15-4-3-5-16-37)23-13-25-51(53)56(43-31-28-36-14-6-7-19-41(36)34-43)50-24-12-20-40-27-26-38-17-8-10-21-44(38)52(40)50/h3-35H,1-2H3. The van der Waals surface area contributed by atoms with Crippen molar-refractivity contribution in [2.75, 3.05) is 4.90 Å². The van der Waals surface area contributed by atoms with Gasteiger partial charge in [-0.3, -0.25) is 0 Å². The van der Waals surface area contributed by atoms with E-state index >= 15 is 0 Å². The van der Waals surface area contributed by atoms with Gasteiger partial charge in [-0.1, -0.05) is 184 Å². The molecule has 0 heterocycles. The van der Waals surface area contributed by atoms with E-state index in [0.717, 1.165) is 17.1 Å². The van der Waals surface area contributed by atoms with Crippen LogP contribution in [0, 0.1) is 0 Å². The Balaban J connectivity index is 1.24. The summed E-state index contributed by atoms with van der Waals surface area (Å²) >= 11 is 0. The second kappa shape index (κ2) is 12.5. The lowest BCUT2D eigenvalue weighted by molar-refractivity contribution is 0.666. The van der Waals surface area contributed by atoms with Gasteiger partial charge in [-0.2, -0.15) is 0 Å². The SMILES string of the molecule is CC1(C)c2ccc(-c3c(-c4ccccc4)cccc3N(c3ccc4ccccc4c3)c3cccc4ccc5ccccc5c34)cc2-c2ccc3ccccc3c21. The summed E-state index contributed by atoms with van der Waals surface area (Å²) in [5, 5.41) is 10.0. The number of benzene rings is 10. The largest absolute Gasteiger partial charge is 0.309 e. The summed E-state index contributed by atoms with van der Waals surface area (Å²) in [6.45, 7) is 4.78. The predicted molar refractivity (Wildman–Crippen MR) is 240 cm³/mol. The van der Waals surface area contributed by atoms with Gasteiger partial charge >= 0.3 is 0 Å². The lowest BCUT2D eigenvalue weighted by Crippen LogP contribution is -2.15. The maximum atomic E-state index is 2.52. The van der Waals surface area contributed by atoms with Crippen LogP contribution in [0.15, 0.2) is 200 Å². The third-order valence-electron chi connectivity index (χ3n) is 12.2. The molecule has 56 heavy (non-hydrogen) atoms. The van der Waals surface area contributed by atoms with Gasteiger partial charge in [-0.05, 0) is 107 Å². The topological polar surface area (TPSA) is 3.24 Å². The van der Waals surface area contributed by atoms with Gasteiger partial charge in [0.25, 0.3) is 0 Å². The highest BCUT2D eigenvalue weighted by atomic mass is 15.1. The Bertz CT molecular complexity index is 3170. The maximum absolute atomic E-state index is 2.52. The smallest absolute Gasteiger partial charge is 0.0546 e. The van der Waals surface area contributed by atoms with Crippen LogP contribution in [-0.2, 0) is 5.41 Å². The quantitative estimate of drug-likeness (QED) is 0.161. The van der Waals surface area contributed by atoms with Crippen molar-refractivity contribution in [2.24, 2.45) is 0 Å². The molecule has 0 fully saturated rings. The highest BCUT2D eigenvalue weighted by Crippen LogP contribution is 2.54. The third-order valence-corrected chi connectivity index (χ3v) is 12.2. The molecule has 10 aromatic carbocycles. The van der Waals surface area contributed by atoms with E-state index in [0.29, 0.717) is 0 Å². The van der Waals surface area contributed by atoms with Crippen molar-refractivity contribution in [1.82, 2.24) is 0 Å². The lowest BCUT2D eigenvalue weighted by atomic mass is 9.80. The molecule has 10 aromatic rings. The van der Waals surface area contributed by atoms with Gasteiger partial charge in [0.05, 0.1) is 11.4 Å². The van der Waals surface area contributed by atoms with E-state index in [4.69, 9.17) is 0 Å². The van der Waals surface area contributed by atoms with Crippen molar-refractivity contribution < 1.29 is 0 Å². The summed E-state index contributed by atoms with van der Waals surface area (Å²) in [5.41, 5.74) is 13.5. The molecule has 1 aliphatic carbocycles. The Morgan fingerprint density at radius 1 is 0.375 bits per heavy atom. The van der Waals surface area contributed by atoms with Crippen molar-refractivity contribution in [3.05, 3.63) is 211 Å². The first kappa shape index (κ1) is 32.5. The molecule has 0 atom stereocenters. The molecule has 0 unspecified atom stereocenters. The van der Waals surface area contributed by atoms with E-state index in [9.17, 15) is 0 Å². The van der Waals surface area contributed by atoms with Crippen LogP contribution >= 0.6 is 0 Å². The first-order chi connectivity index (χ1) is 27.5. The van der Waals surface area contributed by atoms with Gasteiger partial charge in [0.1, 0.15) is 0 Å². The first-order valence-corrected chi connectivity index (χ1v) is 19.6. The van der Waals surface area contributed by atoms with Crippen molar-refractivity contribution in [3.63, 3.8) is 0 Å². The number of hydrogen-bond acceptors (Lipinski definition) is 1. The predicted octanol–water partition coefficient (Wildman–Crippen LogP) is 15.4. The number of fused-ring (bicyclic) bond motifs is 9. The summed E-state index contributed by atoms with van der Waals surface area (Å²) in [6.07, 6.45) is 0. The fourth-order valence-corrected chi connectivity index (χ4v) is 9.61. The van der Waals surface area contributed by atoms with E-state index in [1.165, 1.54) is 87.6 Å². The van der Waals surface area contributed by atoms with Gasteiger partial charge in [-0.25, -0.2) is 0 Å². The van der Waals surface area contributed by atoms with Gasteiger partial charge in [-0.15, -0.1) is 0 Å². The molecule has 11 rings (SSSR count). The summed E-state index contributed by atoms with van der Waals surface area (Å²) in [5.74, 6) is 0. The lowest BCUT2D eigenvalue weighted by Gasteiger charge is -2.31. The Labute approximate surface area is 327 Å². The minimum Gasteiger partial charge on any atom is -0.309 e. The summed E-state index contributed by atoms with van der Waals surface area (Å²) in [4.78, 5) is 2.52. The Kier molecular flexibility index (Phi) is 7.28. The average Bonchev–Trinajstić information content (AvgIpc) is 3.49. The molecule has 0 saturated carbocycles. The van der Waals surface area contributed by atoms with Crippen LogP contribution < -0.4 is 4.90 Å². The molecule has 0 radical (unpaired) electrons. The number of hydrogen-bond donors (Lipinski definition) is 0. The molecule has 0 spiro atoms. The van der Waals surface area contributed by atoms with Crippen LogP contribution in [0.3, 0.4) is 0 Å². The first-order valence-electron chi connectivity index (χ1n) is 19.6. The van der Waals surface area contributed by atoms with E-state index in [2.05, 4.69) is 219 Å². The molecule has 1 nitrogen and oxygen atoms in total. The second-order valence-corrected chi connectivity index (χ2v) is 15.7. The minimum atomic E-state index is -0.132. The van der Waals surface area contributed by atoms with E-state index in [1.54, 1.807) is 0 Å². The zero-order valence-corrected chi connectivity index (χ0v) is 31.5. The molecular formula is C55H39N. The van der Waals surface area contributed by atoms with Crippen molar-refractivity contribution in [3.8, 4) is 33.4 Å². The van der Waals surface area contributed by atoms with Crippen LogP contribution in [0.1, 0.15) is 25.0 Å². The Morgan fingerprint density at radius 3 is 1.84 bits per heavy atom. The molecule has 1 aliphatic rings. The zero-order chi connectivity index (χ0) is 37.4. The molecule has 1 heteroatoms. The van der Waals surface area contributed by atoms with Crippen LogP contribution in [0.5, 0.6) is 0 Å². The van der Waals surface area contributed by atoms with E-state index in [-0.39, 0.29) is 5.41 Å². The highest BCUT2D eigenvalue weighted by molar-refractivity contribution is 6.16. The molecule has 0 saturated heterocycles. The van der Waals surface area contributed by atoms with Crippen LogP contribution in [-0.4, -0.2) is 0 Å². The fourth-order valence-electron chi connectivity index (χ4n) is 9.61. The maximum Gasteiger partial charge on any atom is 0.0546 e. The normalized spacial score (nSPS) is 13.0. The van der Waals surface area contributed by atoms with Crippen molar-refractivity contribution >= 4 is 60.2 Å². The molecular weight excluding hydrogens is 675 g/mol. The highest BCUT2D eigenvalue weighted by Gasteiger charge is 2.37. The monoisotopic (exact) mass is 713 g/mol. The number of rotatable bonds is 5. The molecule has 0 amide bonds. The van der Waals surface area contributed by atoms with Gasteiger partial charge in [0.15, 0.2) is 0 Å². The van der Waals surface area contributed by atoms with E-state index < -0.39 is 0 Å². The number of anilines is 3. The van der Waals surface area contributed by atoms with Crippen LogP contribution in [0.25, 0.3) is 76.5 Å². The van der Waals surface area contributed by atoms with Gasteiger partial charge in [0.2, 0.25) is 0 Å².